The van der Waals surface area contributed by atoms with E-state index in [0.717, 1.165) is 17.4 Å². The molecule has 0 saturated carbocycles. The number of hydrogen-bond acceptors (Lipinski definition) is 3. The second kappa shape index (κ2) is 6.44. The van der Waals surface area contributed by atoms with Gasteiger partial charge in [-0.25, -0.2) is 9.18 Å². The smallest absolute Gasteiger partial charge is 0.410 e. The average molecular weight is 373 g/mol. The van der Waals surface area contributed by atoms with E-state index >= 15 is 0 Å². The molecule has 6 heteroatoms. The zero-order valence-electron chi connectivity index (χ0n) is 13.4. The van der Waals surface area contributed by atoms with Crippen molar-refractivity contribution in [2.75, 3.05) is 25.0 Å². The van der Waals surface area contributed by atoms with Crippen LogP contribution in [0.2, 0.25) is 0 Å². The van der Waals surface area contributed by atoms with E-state index in [1.165, 1.54) is 6.07 Å². The molecule has 0 N–H and O–H groups in total. The molecule has 1 atom stereocenters. The monoisotopic (exact) mass is 372 g/mol. The first kappa shape index (κ1) is 17.1. The number of anilines is 1. The third-order valence-electron chi connectivity index (χ3n) is 3.64. The minimum absolute atomic E-state index is 0.0258. The van der Waals surface area contributed by atoms with E-state index in [9.17, 15) is 9.18 Å². The molecule has 0 aromatic heterocycles. The van der Waals surface area contributed by atoms with Crippen LogP contribution in [0, 0.1) is 5.82 Å². The van der Waals surface area contributed by atoms with E-state index in [-0.39, 0.29) is 18.0 Å². The van der Waals surface area contributed by atoms with Gasteiger partial charge in [-0.05, 0) is 45.4 Å². The average Bonchev–Trinajstić information content (AvgIpc) is 2.85. The fraction of sp³-hybridized carbons (Fsp3) is 0.562. The number of ether oxygens (including phenoxy) is 1. The summed E-state index contributed by atoms with van der Waals surface area (Å²) in [7, 11) is 1.74. The van der Waals surface area contributed by atoms with E-state index in [4.69, 9.17) is 4.74 Å². The van der Waals surface area contributed by atoms with Crippen LogP contribution in [0.15, 0.2) is 22.7 Å². The lowest BCUT2D eigenvalue weighted by molar-refractivity contribution is 0.0238. The summed E-state index contributed by atoms with van der Waals surface area (Å²) in [5, 5.41) is 0. The first-order valence-corrected chi connectivity index (χ1v) is 8.12. The van der Waals surface area contributed by atoms with Gasteiger partial charge in [0.1, 0.15) is 11.4 Å². The number of carbonyl (C=O) groups is 1. The van der Waals surface area contributed by atoms with Gasteiger partial charge in [0.15, 0.2) is 0 Å². The highest BCUT2D eigenvalue weighted by molar-refractivity contribution is 9.10. The van der Waals surface area contributed by atoms with Gasteiger partial charge in [-0.15, -0.1) is 0 Å². The maximum Gasteiger partial charge on any atom is 0.410 e. The number of rotatable bonds is 2. The van der Waals surface area contributed by atoms with Crippen molar-refractivity contribution >= 4 is 27.7 Å². The number of likely N-dealkylation sites (N-methyl/N-ethyl adjacent to an activating group) is 1. The fourth-order valence-electron chi connectivity index (χ4n) is 2.50. The highest BCUT2D eigenvalue weighted by Crippen LogP contribution is 2.28. The van der Waals surface area contributed by atoms with Crippen molar-refractivity contribution in [1.82, 2.24) is 4.90 Å². The lowest BCUT2D eigenvalue weighted by atomic mass is 10.2. The highest BCUT2D eigenvalue weighted by Gasteiger charge is 2.31. The van der Waals surface area contributed by atoms with Crippen LogP contribution < -0.4 is 4.90 Å². The highest BCUT2D eigenvalue weighted by atomic mass is 79.9. The SMILES string of the molecule is CN(C(=O)OC(C)(C)C)[C@H]1CCN(c2ccc(Br)cc2F)C1. The topological polar surface area (TPSA) is 32.8 Å². The molecule has 122 valence electrons. The summed E-state index contributed by atoms with van der Waals surface area (Å²) in [6.45, 7) is 6.86. The fourth-order valence-corrected chi connectivity index (χ4v) is 2.83. The molecule has 4 nitrogen and oxygen atoms in total. The minimum Gasteiger partial charge on any atom is -0.444 e. The van der Waals surface area contributed by atoms with E-state index in [1.807, 2.05) is 31.7 Å². The Balaban J connectivity index is 2.01. The summed E-state index contributed by atoms with van der Waals surface area (Å²) in [5.41, 5.74) is 0.0600. The molecule has 0 unspecified atom stereocenters. The summed E-state index contributed by atoms with van der Waals surface area (Å²) < 4.78 is 20.1. The molecule has 1 fully saturated rings. The normalized spacial score (nSPS) is 18.5. The molecule has 0 spiro atoms. The molecule has 1 heterocycles. The Bertz CT molecular complexity index is 560. The van der Waals surface area contributed by atoms with Crippen molar-refractivity contribution in [3.63, 3.8) is 0 Å². The molecule has 1 aliphatic rings. The molecular weight excluding hydrogens is 351 g/mol. The Morgan fingerprint density at radius 2 is 2.14 bits per heavy atom. The molecule has 1 aromatic carbocycles. The van der Waals surface area contributed by atoms with Crippen molar-refractivity contribution in [3.8, 4) is 0 Å². The Morgan fingerprint density at radius 3 is 2.73 bits per heavy atom. The maximum atomic E-state index is 14.0. The van der Waals surface area contributed by atoms with Crippen LogP contribution in [0.25, 0.3) is 0 Å². The van der Waals surface area contributed by atoms with Gasteiger partial charge in [0.05, 0.1) is 11.7 Å². The van der Waals surface area contributed by atoms with E-state index in [2.05, 4.69) is 15.9 Å². The first-order valence-electron chi connectivity index (χ1n) is 7.33. The second-order valence-electron chi connectivity index (χ2n) is 6.58. The molecular formula is C16H22BrFN2O2. The predicted molar refractivity (Wildman–Crippen MR) is 88.7 cm³/mol. The van der Waals surface area contributed by atoms with Crippen molar-refractivity contribution in [1.29, 1.82) is 0 Å². The van der Waals surface area contributed by atoms with Crippen LogP contribution in [-0.4, -0.2) is 42.8 Å². The standard InChI is InChI=1S/C16H22BrFN2O2/c1-16(2,3)22-15(21)19(4)12-7-8-20(10-12)14-6-5-11(17)9-13(14)18/h5-6,9,12H,7-8,10H2,1-4H3/t12-/m0/s1. The van der Waals surface area contributed by atoms with Gasteiger partial charge in [0.2, 0.25) is 0 Å². The maximum absolute atomic E-state index is 14.0. The molecule has 1 amide bonds. The minimum atomic E-state index is -0.512. The molecule has 1 saturated heterocycles. The van der Waals surface area contributed by atoms with Gasteiger partial charge in [-0.3, -0.25) is 0 Å². The molecule has 22 heavy (non-hydrogen) atoms. The van der Waals surface area contributed by atoms with Gasteiger partial charge in [0.25, 0.3) is 0 Å². The second-order valence-corrected chi connectivity index (χ2v) is 7.49. The molecule has 0 radical (unpaired) electrons. The van der Waals surface area contributed by atoms with E-state index < -0.39 is 5.60 Å². The van der Waals surface area contributed by atoms with E-state index in [1.54, 1.807) is 18.0 Å². The first-order chi connectivity index (χ1) is 10.2. The number of benzene rings is 1. The van der Waals surface area contributed by atoms with Crippen LogP contribution in [0.4, 0.5) is 14.9 Å². The van der Waals surface area contributed by atoms with Crippen molar-refractivity contribution < 1.29 is 13.9 Å². The van der Waals surface area contributed by atoms with Gasteiger partial charge in [-0.2, -0.15) is 0 Å². The van der Waals surface area contributed by atoms with Crippen LogP contribution in [-0.2, 0) is 4.74 Å². The van der Waals surface area contributed by atoms with Gasteiger partial charge < -0.3 is 14.5 Å². The zero-order chi connectivity index (χ0) is 16.5. The van der Waals surface area contributed by atoms with Crippen molar-refractivity contribution in [2.24, 2.45) is 0 Å². The molecule has 0 bridgehead atoms. The zero-order valence-corrected chi connectivity index (χ0v) is 15.0. The van der Waals surface area contributed by atoms with Crippen LogP contribution in [0.5, 0.6) is 0 Å². The molecule has 1 aromatic rings. The lowest BCUT2D eigenvalue weighted by Crippen LogP contribution is -2.42. The quantitative estimate of drug-likeness (QED) is 0.785. The number of amides is 1. The summed E-state index contributed by atoms with van der Waals surface area (Å²) in [5.74, 6) is -0.255. The Labute approximate surface area is 139 Å². The van der Waals surface area contributed by atoms with Gasteiger partial charge >= 0.3 is 6.09 Å². The molecule has 0 aliphatic carbocycles. The molecule has 2 rings (SSSR count). The third kappa shape index (κ3) is 4.12. The molecule has 1 aliphatic heterocycles. The number of nitrogens with zero attached hydrogens (tertiary/aromatic N) is 2. The summed E-state index contributed by atoms with van der Waals surface area (Å²) in [6, 6.07) is 5.07. The number of carbonyl (C=O) groups excluding carboxylic acids is 1. The van der Waals surface area contributed by atoms with Gasteiger partial charge in [0, 0.05) is 24.6 Å². The van der Waals surface area contributed by atoms with E-state index in [0.29, 0.717) is 12.2 Å². The predicted octanol–water partition coefficient (Wildman–Crippen LogP) is 4.03. The largest absolute Gasteiger partial charge is 0.444 e. The summed E-state index contributed by atoms with van der Waals surface area (Å²) in [4.78, 5) is 15.7. The van der Waals surface area contributed by atoms with Crippen LogP contribution in [0.3, 0.4) is 0 Å². The number of hydrogen-bond donors (Lipinski definition) is 0. The number of halogens is 2. The van der Waals surface area contributed by atoms with Crippen molar-refractivity contribution in [2.45, 2.75) is 38.8 Å². The van der Waals surface area contributed by atoms with Crippen LogP contribution >= 0.6 is 15.9 Å². The Hall–Kier alpha value is -1.30. The summed E-state index contributed by atoms with van der Waals surface area (Å²) in [6.07, 6.45) is 0.459. The summed E-state index contributed by atoms with van der Waals surface area (Å²) >= 11 is 3.26. The lowest BCUT2D eigenvalue weighted by Gasteiger charge is -2.29. The Kier molecular flexibility index (Phi) is 5.00. The third-order valence-corrected chi connectivity index (χ3v) is 4.14. The van der Waals surface area contributed by atoms with Crippen molar-refractivity contribution in [3.05, 3.63) is 28.5 Å². The van der Waals surface area contributed by atoms with Gasteiger partial charge in [-0.1, -0.05) is 15.9 Å². The van der Waals surface area contributed by atoms with Crippen LogP contribution in [0.1, 0.15) is 27.2 Å². The Morgan fingerprint density at radius 1 is 1.45 bits per heavy atom.